The van der Waals surface area contributed by atoms with Gasteiger partial charge in [-0.15, -0.1) is 0 Å². The summed E-state index contributed by atoms with van der Waals surface area (Å²) in [6, 6.07) is 10.6. The Labute approximate surface area is 132 Å². The average molecular weight is 298 g/mol. The predicted molar refractivity (Wildman–Crippen MR) is 93.0 cm³/mol. The maximum absolute atomic E-state index is 12.8. The molecular weight excluding hydrogens is 272 g/mol. The van der Waals surface area contributed by atoms with Gasteiger partial charge in [-0.2, -0.15) is 0 Å². The Kier molecular flexibility index (Phi) is 5.19. The molecule has 1 heterocycles. The van der Waals surface area contributed by atoms with Gasteiger partial charge < -0.3 is 10.3 Å². The van der Waals surface area contributed by atoms with Crippen LogP contribution in [-0.4, -0.2) is 4.57 Å². The second kappa shape index (κ2) is 6.93. The Morgan fingerprint density at radius 1 is 1.18 bits per heavy atom. The minimum Gasteiger partial charge on any atom is -0.326 e. The van der Waals surface area contributed by atoms with Gasteiger partial charge in [-0.25, -0.2) is 0 Å². The van der Waals surface area contributed by atoms with Crippen molar-refractivity contribution in [3.63, 3.8) is 0 Å². The summed E-state index contributed by atoms with van der Waals surface area (Å²) in [4.78, 5) is 12.8. The highest BCUT2D eigenvalue weighted by Gasteiger charge is 2.14. The lowest BCUT2D eigenvalue weighted by molar-refractivity contribution is 0.512. The number of aromatic nitrogens is 1. The molecule has 1 aromatic heterocycles. The highest BCUT2D eigenvalue weighted by molar-refractivity contribution is 5.61. The van der Waals surface area contributed by atoms with Crippen LogP contribution in [0.5, 0.6) is 0 Å². The number of hydrogen-bond acceptors (Lipinski definition) is 2. The van der Waals surface area contributed by atoms with E-state index in [2.05, 4.69) is 51.1 Å². The zero-order valence-corrected chi connectivity index (χ0v) is 14.0. The first-order chi connectivity index (χ1) is 10.5. The number of pyridine rings is 1. The van der Waals surface area contributed by atoms with Crippen LogP contribution in [0.4, 0.5) is 0 Å². The van der Waals surface area contributed by atoms with E-state index in [9.17, 15) is 4.79 Å². The lowest BCUT2D eigenvalue weighted by Crippen LogP contribution is -2.29. The Morgan fingerprint density at radius 2 is 1.82 bits per heavy atom. The topological polar surface area (TPSA) is 48.0 Å². The first kappa shape index (κ1) is 16.5. The quantitative estimate of drug-likeness (QED) is 0.918. The Morgan fingerprint density at radius 3 is 2.32 bits per heavy atom. The van der Waals surface area contributed by atoms with E-state index in [1.165, 1.54) is 5.56 Å². The van der Waals surface area contributed by atoms with Crippen molar-refractivity contribution in [2.24, 2.45) is 11.7 Å². The number of nitrogens with two attached hydrogens (primary N) is 1. The molecule has 3 nitrogen and oxygen atoms in total. The first-order valence-corrected chi connectivity index (χ1v) is 8.00. The molecule has 0 atom stereocenters. The fourth-order valence-corrected chi connectivity index (χ4v) is 2.76. The monoisotopic (exact) mass is 298 g/mol. The molecular formula is C19H26N2O. The van der Waals surface area contributed by atoms with Gasteiger partial charge in [0.2, 0.25) is 0 Å². The van der Waals surface area contributed by atoms with Gasteiger partial charge >= 0.3 is 0 Å². The lowest BCUT2D eigenvalue weighted by Gasteiger charge is -2.18. The van der Waals surface area contributed by atoms with Crippen molar-refractivity contribution >= 4 is 0 Å². The van der Waals surface area contributed by atoms with Crippen LogP contribution in [0.15, 0.2) is 35.1 Å². The average Bonchev–Trinajstić information content (AvgIpc) is 2.50. The Hall–Kier alpha value is -1.87. The van der Waals surface area contributed by atoms with Gasteiger partial charge in [0.05, 0.1) is 5.69 Å². The summed E-state index contributed by atoms with van der Waals surface area (Å²) in [5.74, 6) is 0.402. The molecule has 2 rings (SSSR count). The molecule has 0 saturated heterocycles. The molecule has 0 unspecified atom stereocenters. The number of aryl methyl sites for hydroxylation is 2. The summed E-state index contributed by atoms with van der Waals surface area (Å²) in [6.07, 6.45) is 1.02. The van der Waals surface area contributed by atoms with Crippen LogP contribution in [0.3, 0.4) is 0 Å². The van der Waals surface area contributed by atoms with Crippen LogP contribution in [0.25, 0.3) is 11.3 Å². The van der Waals surface area contributed by atoms with E-state index >= 15 is 0 Å². The van der Waals surface area contributed by atoms with Gasteiger partial charge in [-0.1, -0.05) is 45.0 Å². The highest BCUT2D eigenvalue weighted by atomic mass is 16.1. The van der Waals surface area contributed by atoms with Crippen LogP contribution in [0.1, 0.15) is 37.5 Å². The minimum absolute atomic E-state index is 0.0470. The SMILES string of the molecule is CCc1ccc(-c2cc(C)c(CN)c(=O)n2CC(C)C)cc1. The van der Waals surface area contributed by atoms with Gasteiger partial charge in [-0.05, 0) is 42.0 Å². The number of hydrogen-bond donors (Lipinski definition) is 1. The van der Waals surface area contributed by atoms with E-state index in [1.807, 2.05) is 11.5 Å². The van der Waals surface area contributed by atoms with Crippen molar-refractivity contribution < 1.29 is 0 Å². The number of rotatable bonds is 5. The van der Waals surface area contributed by atoms with Crippen molar-refractivity contribution in [1.29, 1.82) is 0 Å². The Balaban J connectivity index is 2.64. The molecule has 0 radical (unpaired) electrons. The third-order valence-electron chi connectivity index (χ3n) is 4.03. The fourth-order valence-electron chi connectivity index (χ4n) is 2.76. The van der Waals surface area contributed by atoms with Gasteiger partial charge in [0, 0.05) is 18.7 Å². The van der Waals surface area contributed by atoms with Gasteiger partial charge in [0.15, 0.2) is 0 Å². The second-order valence-corrected chi connectivity index (χ2v) is 6.26. The third-order valence-corrected chi connectivity index (χ3v) is 4.03. The summed E-state index contributed by atoms with van der Waals surface area (Å²) in [5, 5.41) is 0. The lowest BCUT2D eigenvalue weighted by atomic mass is 10.0. The summed E-state index contributed by atoms with van der Waals surface area (Å²) < 4.78 is 1.88. The molecule has 1 aromatic carbocycles. The van der Waals surface area contributed by atoms with E-state index in [1.54, 1.807) is 0 Å². The zero-order chi connectivity index (χ0) is 16.3. The van der Waals surface area contributed by atoms with Crippen LogP contribution in [-0.2, 0) is 19.5 Å². The zero-order valence-electron chi connectivity index (χ0n) is 14.0. The predicted octanol–water partition coefficient (Wildman–Crippen LogP) is 3.50. The van der Waals surface area contributed by atoms with Crippen molar-refractivity contribution in [2.75, 3.05) is 0 Å². The van der Waals surface area contributed by atoms with Gasteiger partial charge in [0.25, 0.3) is 5.56 Å². The largest absolute Gasteiger partial charge is 0.326 e. The summed E-state index contributed by atoms with van der Waals surface area (Å²) in [7, 11) is 0. The molecule has 0 aliphatic heterocycles. The maximum atomic E-state index is 12.8. The molecule has 0 saturated carbocycles. The van der Waals surface area contributed by atoms with Crippen molar-refractivity contribution in [1.82, 2.24) is 4.57 Å². The Bertz CT molecular complexity index is 697. The van der Waals surface area contributed by atoms with Crippen molar-refractivity contribution in [3.05, 3.63) is 57.4 Å². The molecule has 118 valence electrons. The molecule has 3 heteroatoms. The highest BCUT2D eigenvalue weighted by Crippen LogP contribution is 2.22. The second-order valence-electron chi connectivity index (χ2n) is 6.26. The number of benzene rings is 1. The van der Waals surface area contributed by atoms with Crippen LogP contribution >= 0.6 is 0 Å². The summed E-state index contributed by atoms with van der Waals surface area (Å²) in [6.45, 7) is 9.35. The first-order valence-electron chi connectivity index (χ1n) is 8.00. The fraction of sp³-hybridized carbons (Fsp3) is 0.421. The third kappa shape index (κ3) is 3.30. The molecule has 2 aromatic rings. The minimum atomic E-state index is 0.0470. The van der Waals surface area contributed by atoms with Crippen molar-refractivity contribution in [3.8, 4) is 11.3 Å². The van der Waals surface area contributed by atoms with Crippen LogP contribution < -0.4 is 11.3 Å². The van der Waals surface area contributed by atoms with E-state index < -0.39 is 0 Å². The maximum Gasteiger partial charge on any atom is 0.255 e. The summed E-state index contributed by atoms with van der Waals surface area (Å²) in [5.41, 5.74) is 10.9. The molecule has 2 N–H and O–H groups in total. The van der Waals surface area contributed by atoms with E-state index in [0.29, 0.717) is 12.5 Å². The summed E-state index contributed by atoms with van der Waals surface area (Å²) >= 11 is 0. The molecule has 0 fully saturated rings. The van der Waals surface area contributed by atoms with E-state index in [0.717, 1.165) is 28.8 Å². The van der Waals surface area contributed by atoms with Crippen LogP contribution in [0, 0.1) is 12.8 Å². The van der Waals surface area contributed by atoms with Gasteiger partial charge in [-0.3, -0.25) is 4.79 Å². The molecule has 0 amide bonds. The normalized spacial score (nSPS) is 11.2. The molecule has 0 spiro atoms. The van der Waals surface area contributed by atoms with E-state index in [4.69, 9.17) is 5.73 Å². The standard InChI is InChI=1S/C19H26N2O/c1-5-15-6-8-16(9-7-15)18-10-14(4)17(11-20)19(22)21(18)12-13(2)3/h6-10,13H,5,11-12,20H2,1-4H3. The smallest absolute Gasteiger partial charge is 0.255 e. The van der Waals surface area contributed by atoms with E-state index in [-0.39, 0.29) is 12.1 Å². The molecule has 22 heavy (non-hydrogen) atoms. The number of nitrogens with zero attached hydrogens (tertiary/aromatic N) is 1. The molecule has 0 bridgehead atoms. The van der Waals surface area contributed by atoms with Gasteiger partial charge in [0.1, 0.15) is 0 Å². The van der Waals surface area contributed by atoms with Crippen LogP contribution in [0.2, 0.25) is 0 Å². The molecule has 0 aliphatic rings. The molecule has 0 aliphatic carbocycles. The van der Waals surface area contributed by atoms with Crippen molar-refractivity contribution in [2.45, 2.75) is 47.2 Å².